The molecular formula is C27H26F3N3O4. The van der Waals surface area contributed by atoms with Crippen molar-refractivity contribution in [2.24, 2.45) is 16.1 Å². The number of Topliss-reactive ketones (excluding diaryl/α,β-unsaturated/α-hetero) is 1. The zero-order valence-electron chi connectivity index (χ0n) is 20.0. The maximum atomic E-state index is 13.1. The van der Waals surface area contributed by atoms with Crippen molar-refractivity contribution >= 4 is 11.7 Å². The Kier molecular flexibility index (Phi) is 7.81. The molecule has 0 unspecified atom stereocenters. The van der Waals surface area contributed by atoms with Crippen molar-refractivity contribution in [3.63, 3.8) is 0 Å². The van der Waals surface area contributed by atoms with Crippen LogP contribution in [0.3, 0.4) is 0 Å². The number of carbonyl (C=O) groups excluding carboxylic acids is 2. The minimum absolute atomic E-state index is 0.0333. The molecule has 0 aromatic heterocycles. The predicted octanol–water partition coefficient (Wildman–Crippen LogP) is 4.94. The average Bonchev–Trinajstić information content (AvgIpc) is 3.71. The molecule has 2 aromatic carbocycles. The molecule has 0 atom stereocenters. The first kappa shape index (κ1) is 26.2. The minimum Gasteiger partial charge on any atom is -0.486 e. The standard InChI is InChI=1S/C27H26F3N3O4/c1-2-18-5-11-23(12-6-18)37-17-25(35)31-21-9-3-19(4-10-21)15-22(34)16-36-24-13-7-20(8-14-24)26(32-33-26)27(28,29)30/h1,5-8,11-14,19,21H,3-4,9-10,15-17H2,(H,31,35). The molecule has 0 spiro atoms. The normalized spacial score (nSPS) is 19.9. The van der Waals surface area contributed by atoms with Gasteiger partial charge in [-0.05, 0) is 68.0 Å². The molecule has 1 heterocycles. The highest BCUT2D eigenvalue weighted by Gasteiger charge is 2.65. The van der Waals surface area contributed by atoms with E-state index in [1.807, 2.05) is 0 Å². The highest BCUT2D eigenvalue weighted by molar-refractivity contribution is 5.80. The van der Waals surface area contributed by atoms with E-state index < -0.39 is 11.8 Å². The summed E-state index contributed by atoms with van der Waals surface area (Å²) in [5.74, 6) is 3.29. The second kappa shape index (κ2) is 11.0. The van der Waals surface area contributed by atoms with Gasteiger partial charge in [0.15, 0.2) is 12.4 Å². The molecule has 1 saturated carbocycles. The molecule has 1 aliphatic heterocycles. The van der Waals surface area contributed by atoms with E-state index in [1.165, 1.54) is 24.3 Å². The largest absolute Gasteiger partial charge is 0.486 e. The predicted molar refractivity (Wildman–Crippen MR) is 128 cm³/mol. The van der Waals surface area contributed by atoms with Gasteiger partial charge in [-0.25, -0.2) is 0 Å². The third kappa shape index (κ3) is 6.67. The molecule has 2 aromatic rings. The molecule has 0 bridgehead atoms. The average molecular weight is 514 g/mol. The first-order valence-electron chi connectivity index (χ1n) is 11.9. The minimum atomic E-state index is -4.59. The van der Waals surface area contributed by atoms with E-state index in [2.05, 4.69) is 21.5 Å². The van der Waals surface area contributed by atoms with Gasteiger partial charge in [0.1, 0.15) is 18.1 Å². The SMILES string of the molecule is C#Cc1ccc(OCC(=O)NC2CCC(CC(=O)COc3ccc(C4(C(F)(F)F)N=N4)cc3)CC2)cc1. The number of ketones is 1. The van der Waals surface area contributed by atoms with Crippen LogP contribution in [-0.2, 0) is 15.3 Å². The Morgan fingerprint density at radius 1 is 0.946 bits per heavy atom. The number of hydrogen-bond donors (Lipinski definition) is 1. The second-order valence-corrected chi connectivity index (χ2v) is 9.17. The van der Waals surface area contributed by atoms with Gasteiger partial charge < -0.3 is 14.8 Å². The Balaban J connectivity index is 1.12. The summed E-state index contributed by atoms with van der Waals surface area (Å²) in [6.07, 6.45) is 4.21. The maximum absolute atomic E-state index is 13.1. The van der Waals surface area contributed by atoms with Crippen molar-refractivity contribution < 1.29 is 32.2 Å². The van der Waals surface area contributed by atoms with Gasteiger partial charge in [-0.1, -0.05) is 18.1 Å². The fraction of sp³-hybridized carbons (Fsp3) is 0.407. The lowest BCUT2D eigenvalue weighted by Crippen LogP contribution is -2.40. The van der Waals surface area contributed by atoms with Gasteiger partial charge in [0.05, 0.1) is 0 Å². The van der Waals surface area contributed by atoms with Crippen LogP contribution in [0.5, 0.6) is 11.5 Å². The summed E-state index contributed by atoms with van der Waals surface area (Å²) in [6, 6.07) is 12.2. The Morgan fingerprint density at radius 3 is 2.05 bits per heavy atom. The molecule has 0 saturated heterocycles. The number of benzene rings is 2. The van der Waals surface area contributed by atoms with Crippen LogP contribution in [0.25, 0.3) is 0 Å². The van der Waals surface area contributed by atoms with Gasteiger partial charge in [-0.3, -0.25) is 9.59 Å². The van der Waals surface area contributed by atoms with Gasteiger partial charge in [0, 0.05) is 23.6 Å². The summed E-state index contributed by atoms with van der Waals surface area (Å²) in [5, 5.41) is 9.30. The van der Waals surface area contributed by atoms with Gasteiger partial charge in [-0.2, -0.15) is 13.2 Å². The second-order valence-electron chi connectivity index (χ2n) is 9.17. The van der Waals surface area contributed by atoms with E-state index in [1.54, 1.807) is 24.3 Å². The van der Waals surface area contributed by atoms with Gasteiger partial charge in [-0.15, -0.1) is 16.7 Å². The van der Waals surface area contributed by atoms with Crippen molar-refractivity contribution in [2.45, 2.75) is 50.0 Å². The molecule has 10 heteroatoms. The number of nitrogens with zero attached hydrogens (tertiary/aromatic N) is 2. The van der Waals surface area contributed by atoms with Gasteiger partial charge >= 0.3 is 11.8 Å². The van der Waals surface area contributed by atoms with Crippen LogP contribution in [0.1, 0.15) is 43.2 Å². The summed E-state index contributed by atoms with van der Waals surface area (Å²) < 4.78 is 50.2. The highest BCUT2D eigenvalue weighted by Crippen LogP contribution is 2.52. The molecular weight excluding hydrogens is 487 g/mol. The van der Waals surface area contributed by atoms with E-state index in [4.69, 9.17) is 15.9 Å². The number of halogens is 3. The number of hydrogen-bond acceptors (Lipinski definition) is 6. The van der Waals surface area contributed by atoms with Crippen LogP contribution < -0.4 is 14.8 Å². The topological polar surface area (TPSA) is 89.3 Å². The van der Waals surface area contributed by atoms with E-state index in [0.717, 1.165) is 31.2 Å². The van der Waals surface area contributed by atoms with Crippen LogP contribution >= 0.6 is 0 Å². The van der Waals surface area contributed by atoms with Crippen molar-refractivity contribution in [2.75, 3.05) is 13.2 Å². The Hall–Kier alpha value is -3.87. The fourth-order valence-corrected chi connectivity index (χ4v) is 4.35. The molecule has 4 rings (SSSR count). The summed E-state index contributed by atoms with van der Waals surface area (Å²) in [4.78, 5) is 24.6. The molecule has 0 radical (unpaired) electrons. The number of alkyl halides is 3. The third-order valence-corrected chi connectivity index (χ3v) is 6.47. The van der Waals surface area contributed by atoms with Crippen LogP contribution in [0.4, 0.5) is 13.2 Å². The number of amides is 1. The lowest BCUT2D eigenvalue weighted by molar-refractivity contribution is -0.166. The molecule has 37 heavy (non-hydrogen) atoms. The number of terminal acetylenes is 1. The van der Waals surface area contributed by atoms with Crippen LogP contribution in [0.2, 0.25) is 0 Å². The van der Waals surface area contributed by atoms with Gasteiger partial charge in [0.25, 0.3) is 5.91 Å². The van der Waals surface area contributed by atoms with Crippen LogP contribution in [0.15, 0.2) is 58.8 Å². The number of ether oxygens (including phenoxy) is 2. The Labute approximate surface area is 212 Å². The monoisotopic (exact) mass is 513 g/mol. The lowest BCUT2D eigenvalue weighted by atomic mass is 9.83. The Morgan fingerprint density at radius 2 is 1.51 bits per heavy atom. The van der Waals surface area contributed by atoms with Crippen LogP contribution in [0, 0.1) is 18.3 Å². The molecule has 194 valence electrons. The lowest BCUT2D eigenvalue weighted by Gasteiger charge is -2.28. The van der Waals surface area contributed by atoms with Gasteiger partial charge in [0.2, 0.25) is 0 Å². The van der Waals surface area contributed by atoms with E-state index in [9.17, 15) is 22.8 Å². The zero-order valence-corrected chi connectivity index (χ0v) is 20.0. The molecule has 1 amide bonds. The molecule has 1 fully saturated rings. The fourth-order valence-electron chi connectivity index (χ4n) is 4.35. The molecule has 2 aliphatic rings. The number of rotatable bonds is 10. The van der Waals surface area contributed by atoms with Crippen LogP contribution in [-0.4, -0.2) is 37.1 Å². The number of carbonyl (C=O) groups is 2. The zero-order chi connectivity index (χ0) is 26.5. The number of nitrogens with one attached hydrogen (secondary N) is 1. The maximum Gasteiger partial charge on any atom is 0.442 e. The summed E-state index contributed by atoms with van der Waals surface area (Å²) in [6.45, 7) is -0.248. The van der Waals surface area contributed by atoms with E-state index in [-0.39, 0.29) is 42.4 Å². The van der Waals surface area contributed by atoms with E-state index >= 15 is 0 Å². The first-order valence-corrected chi connectivity index (χ1v) is 11.9. The Bertz CT molecular complexity index is 1170. The molecule has 7 nitrogen and oxygen atoms in total. The van der Waals surface area contributed by atoms with E-state index in [0.29, 0.717) is 17.9 Å². The van der Waals surface area contributed by atoms with Crippen molar-refractivity contribution in [1.82, 2.24) is 5.32 Å². The van der Waals surface area contributed by atoms with Crippen molar-refractivity contribution in [3.05, 3.63) is 59.7 Å². The quantitative estimate of drug-likeness (QED) is 0.456. The summed E-state index contributed by atoms with van der Waals surface area (Å²) >= 11 is 0. The summed E-state index contributed by atoms with van der Waals surface area (Å²) in [7, 11) is 0. The van der Waals surface area contributed by atoms with Crippen molar-refractivity contribution in [3.8, 4) is 23.8 Å². The third-order valence-electron chi connectivity index (χ3n) is 6.47. The summed E-state index contributed by atoms with van der Waals surface area (Å²) in [5.41, 5.74) is -1.83. The first-order chi connectivity index (χ1) is 17.7. The van der Waals surface area contributed by atoms with Crippen molar-refractivity contribution in [1.29, 1.82) is 0 Å². The molecule has 1 aliphatic carbocycles. The smallest absolute Gasteiger partial charge is 0.442 e. The molecule has 1 N–H and O–H groups in total. The highest BCUT2D eigenvalue weighted by atomic mass is 19.4.